The average molecular weight is 490 g/mol. The van der Waals surface area contributed by atoms with Crippen molar-refractivity contribution in [2.24, 2.45) is 10.7 Å². The van der Waals surface area contributed by atoms with Gasteiger partial charge in [0, 0.05) is 25.7 Å². The lowest BCUT2D eigenvalue weighted by molar-refractivity contribution is 0.0963. The van der Waals surface area contributed by atoms with Crippen LogP contribution in [-0.4, -0.2) is 55.8 Å². The zero-order valence-corrected chi connectivity index (χ0v) is 18.5. The van der Waals surface area contributed by atoms with E-state index in [1.54, 1.807) is 4.90 Å². The molecule has 1 heterocycles. The van der Waals surface area contributed by atoms with Crippen LogP contribution in [0.4, 0.5) is 4.79 Å². The molecular weight excluding hydrogens is 459 g/mol. The first kappa shape index (κ1) is 23.3. The third-order valence-electron chi connectivity index (χ3n) is 4.31. The lowest BCUT2D eigenvalue weighted by atomic mass is 10.1. The Morgan fingerprint density at radius 2 is 1.96 bits per heavy atom. The lowest BCUT2D eigenvalue weighted by Gasteiger charge is -2.31. The van der Waals surface area contributed by atoms with Gasteiger partial charge in [0.1, 0.15) is 5.75 Å². The van der Waals surface area contributed by atoms with Gasteiger partial charge >= 0.3 is 6.09 Å². The molecule has 8 heteroatoms. The highest BCUT2D eigenvalue weighted by Gasteiger charge is 2.23. The van der Waals surface area contributed by atoms with Gasteiger partial charge in [-0.25, -0.2) is 4.79 Å². The highest BCUT2D eigenvalue weighted by atomic mass is 127. The van der Waals surface area contributed by atoms with Crippen LogP contribution in [-0.2, 0) is 11.2 Å². The molecule has 0 bridgehead atoms. The highest BCUT2D eigenvalue weighted by Crippen LogP contribution is 2.18. The summed E-state index contributed by atoms with van der Waals surface area (Å²) in [6.07, 6.45) is 2.21. The fourth-order valence-corrected chi connectivity index (χ4v) is 2.98. The molecule has 0 spiro atoms. The number of rotatable bonds is 7. The molecule has 2 rings (SSSR count). The maximum Gasteiger partial charge on any atom is 0.409 e. The summed E-state index contributed by atoms with van der Waals surface area (Å²) in [5, 5.41) is 3.25. The van der Waals surface area contributed by atoms with Crippen molar-refractivity contribution in [2.75, 3.05) is 32.8 Å². The first-order chi connectivity index (χ1) is 12.6. The van der Waals surface area contributed by atoms with E-state index >= 15 is 0 Å². The average Bonchev–Trinajstić information content (AvgIpc) is 2.64. The number of likely N-dealkylation sites (tertiary alicyclic amines) is 1. The summed E-state index contributed by atoms with van der Waals surface area (Å²) < 4.78 is 10.7. The summed E-state index contributed by atoms with van der Waals surface area (Å²) in [6.45, 7) is 6.79. The third kappa shape index (κ3) is 7.82. The molecule has 152 valence electrons. The first-order valence-corrected chi connectivity index (χ1v) is 9.32. The van der Waals surface area contributed by atoms with Gasteiger partial charge in [-0.1, -0.05) is 18.2 Å². The largest absolute Gasteiger partial charge is 0.494 e. The second kappa shape index (κ2) is 12.6. The number of benzene rings is 1. The maximum absolute atomic E-state index is 11.7. The molecule has 0 radical (unpaired) electrons. The quantitative estimate of drug-likeness (QED) is 0.349. The first-order valence-electron chi connectivity index (χ1n) is 9.32. The number of para-hydroxylation sites is 1. The molecule has 0 aliphatic carbocycles. The van der Waals surface area contributed by atoms with E-state index in [9.17, 15) is 4.79 Å². The number of nitrogens with zero attached hydrogens (tertiary/aromatic N) is 2. The second-order valence-electron chi connectivity index (χ2n) is 6.16. The van der Waals surface area contributed by atoms with Crippen molar-refractivity contribution >= 4 is 36.0 Å². The van der Waals surface area contributed by atoms with E-state index in [0.29, 0.717) is 38.8 Å². The van der Waals surface area contributed by atoms with Crippen molar-refractivity contribution in [1.82, 2.24) is 10.2 Å². The maximum atomic E-state index is 11.7. The summed E-state index contributed by atoms with van der Waals surface area (Å²) in [7, 11) is 0. The highest BCUT2D eigenvalue weighted by molar-refractivity contribution is 14.0. The molecule has 0 unspecified atom stereocenters. The minimum absolute atomic E-state index is 0. The van der Waals surface area contributed by atoms with Crippen LogP contribution in [0.2, 0.25) is 0 Å². The SMILES string of the molecule is CCOC(=O)N1CCC(NC(N)=NCCc2ccccc2OCC)CC1.I. The van der Waals surface area contributed by atoms with Crippen molar-refractivity contribution < 1.29 is 14.3 Å². The summed E-state index contributed by atoms with van der Waals surface area (Å²) in [5.74, 6) is 1.36. The minimum atomic E-state index is -0.236. The van der Waals surface area contributed by atoms with Crippen molar-refractivity contribution in [1.29, 1.82) is 0 Å². The standard InChI is InChI=1S/C19H30N4O3.HI/c1-3-25-17-8-6-5-7-15(17)9-12-21-18(20)22-16-10-13-23(14-11-16)19(24)26-4-2;/h5-8,16H,3-4,9-14H2,1-2H3,(H3,20,21,22);1H. The monoisotopic (exact) mass is 490 g/mol. The van der Waals surface area contributed by atoms with E-state index in [-0.39, 0.29) is 36.1 Å². The van der Waals surface area contributed by atoms with Gasteiger partial charge in [-0.2, -0.15) is 0 Å². The van der Waals surface area contributed by atoms with Gasteiger partial charge < -0.3 is 25.4 Å². The molecule has 1 fully saturated rings. The molecule has 0 aromatic heterocycles. The zero-order chi connectivity index (χ0) is 18.8. The Morgan fingerprint density at radius 3 is 2.63 bits per heavy atom. The Balaban J connectivity index is 0.00000364. The summed E-state index contributed by atoms with van der Waals surface area (Å²) in [6, 6.07) is 8.23. The van der Waals surface area contributed by atoms with Crippen LogP contribution < -0.4 is 15.8 Å². The molecule has 0 atom stereocenters. The van der Waals surface area contributed by atoms with Crippen LogP contribution in [0.5, 0.6) is 5.75 Å². The molecule has 1 aliphatic heterocycles. The van der Waals surface area contributed by atoms with Gasteiger partial charge in [-0.15, -0.1) is 24.0 Å². The predicted molar refractivity (Wildman–Crippen MR) is 118 cm³/mol. The number of guanidine groups is 1. The van der Waals surface area contributed by atoms with Crippen molar-refractivity contribution in [2.45, 2.75) is 39.2 Å². The number of hydrogen-bond acceptors (Lipinski definition) is 4. The summed E-state index contributed by atoms with van der Waals surface area (Å²) in [5.41, 5.74) is 7.14. The Morgan fingerprint density at radius 1 is 1.26 bits per heavy atom. The Hall–Kier alpha value is -1.71. The lowest BCUT2D eigenvalue weighted by Crippen LogP contribution is -2.48. The smallest absolute Gasteiger partial charge is 0.409 e. The number of carbonyl (C=O) groups is 1. The van der Waals surface area contributed by atoms with Gasteiger partial charge in [0.15, 0.2) is 5.96 Å². The number of nitrogens with one attached hydrogen (secondary N) is 1. The van der Waals surface area contributed by atoms with E-state index in [2.05, 4.69) is 16.4 Å². The normalized spacial score (nSPS) is 15.0. The fraction of sp³-hybridized carbons (Fsp3) is 0.579. The molecule has 7 nitrogen and oxygen atoms in total. The number of hydrogen-bond donors (Lipinski definition) is 2. The van der Waals surface area contributed by atoms with Crippen molar-refractivity contribution in [3.8, 4) is 5.75 Å². The number of aliphatic imine (C=N–C) groups is 1. The molecule has 1 aromatic rings. The molecule has 3 N–H and O–H groups in total. The number of halogens is 1. The van der Waals surface area contributed by atoms with Gasteiger partial charge in [0.05, 0.1) is 13.2 Å². The molecular formula is C19H31IN4O3. The Labute approximate surface area is 178 Å². The van der Waals surface area contributed by atoms with Crippen LogP contribution in [0.15, 0.2) is 29.3 Å². The van der Waals surface area contributed by atoms with E-state index in [0.717, 1.165) is 30.6 Å². The number of ether oxygens (including phenoxy) is 2. The zero-order valence-electron chi connectivity index (χ0n) is 16.1. The van der Waals surface area contributed by atoms with Gasteiger partial charge in [-0.3, -0.25) is 4.99 Å². The molecule has 1 amide bonds. The van der Waals surface area contributed by atoms with Crippen molar-refractivity contribution in [3.05, 3.63) is 29.8 Å². The predicted octanol–water partition coefficient (Wildman–Crippen LogP) is 2.77. The van der Waals surface area contributed by atoms with Crippen molar-refractivity contribution in [3.63, 3.8) is 0 Å². The van der Waals surface area contributed by atoms with Gasteiger partial charge in [0.2, 0.25) is 0 Å². The number of piperidine rings is 1. The number of carbonyl (C=O) groups excluding carboxylic acids is 1. The van der Waals surface area contributed by atoms with Crippen LogP contribution in [0.25, 0.3) is 0 Å². The Bertz CT molecular complexity index is 604. The number of nitrogens with two attached hydrogens (primary N) is 1. The third-order valence-corrected chi connectivity index (χ3v) is 4.31. The van der Waals surface area contributed by atoms with Crippen LogP contribution >= 0.6 is 24.0 Å². The van der Waals surface area contributed by atoms with Crippen LogP contribution in [0, 0.1) is 0 Å². The molecule has 1 aliphatic rings. The topological polar surface area (TPSA) is 89.2 Å². The fourth-order valence-electron chi connectivity index (χ4n) is 2.98. The van der Waals surface area contributed by atoms with Gasteiger partial charge in [0.25, 0.3) is 0 Å². The van der Waals surface area contributed by atoms with E-state index in [4.69, 9.17) is 15.2 Å². The van der Waals surface area contributed by atoms with Crippen LogP contribution in [0.1, 0.15) is 32.3 Å². The summed E-state index contributed by atoms with van der Waals surface area (Å²) >= 11 is 0. The Kier molecular flexibility index (Phi) is 10.9. The van der Waals surface area contributed by atoms with E-state index in [1.165, 1.54) is 0 Å². The minimum Gasteiger partial charge on any atom is -0.494 e. The molecule has 27 heavy (non-hydrogen) atoms. The van der Waals surface area contributed by atoms with E-state index in [1.807, 2.05) is 32.0 Å². The summed E-state index contributed by atoms with van der Waals surface area (Å²) in [4.78, 5) is 17.9. The molecule has 0 saturated carbocycles. The van der Waals surface area contributed by atoms with E-state index < -0.39 is 0 Å². The van der Waals surface area contributed by atoms with Crippen LogP contribution in [0.3, 0.4) is 0 Å². The molecule has 1 aromatic carbocycles. The molecule has 1 saturated heterocycles. The second-order valence-corrected chi connectivity index (χ2v) is 6.16. The number of amides is 1. The van der Waals surface area contributed by atoms with Gasteiger partial charge in [-0.05, 0) is 44.7 Å².